The molecule has 0 radical (unpaired) electrons. The number of hydrogen-bond donors (Lipinski definition) is 0. The standard InChI is InChI=1S/C13H14N2O5/c1-3-18-12(16)10(13(17)19-4-2)8-15-11-6-5-9(7-14)20-11/h5-6,8,10H,3-4H2,1-2H3. The summed E-state index contributed by atoms with van der Waals surface area (Å²) in [5, 5.41) is 8.60. The Bertz CT molecular complexity index is 523. The molecule has 0 unspecified atom stereocenters. The van der Waals surface area contributed by atoms with Gasteiger partial charge in [-0.3, -0.25) is 9.59 Å². The van der Waals surface area contributed by atoms with Gasteiger partial charge in [-0.05, 0) is 19.9 Å². The van der Waals surface area contributed by atoms with Crippen LogP contribution in [-0.4, -0.2) is 31.4 Å². The maximum absolute atomic E-state index is 11.6. The number of hydrogen-bond acceptors (Lipinski definition) is 7. The molecule has 0 saturated heterocycles. The van der Waals surface area contributed by atoms with Crippen LogP contribution in [0.4, 0.5) is 5.88 Å². The van der Waals surface area contributed by atoms with Crippen LogP contribution in [0.25, 0.3) is 0 Å². The number of rotatable bonds is 6. The number of furan rings is 1. The maximum atomic E-state index is 11.6. The van der Waals surface area contributed by atoms with Gasteiger partial charge in [0.05, 0.1) is 13.2 Å². The Morgan fingerprint density at radius 3 is 2.40 bits per heavy atom. The second-order valence-corrected chi connectivity index (χ2v) is 3.51. The van der Waals surface area contributed by atoms with Gasteiger partial charge in [0.1, 0.15) is 6.07 Å². The van der Waals surface area contributed by atoms with E-state index in [9.17, 15) is 9.59 Å². The van der Waals surface area contributed by atoms with Crippen molar-refractivity contribution in [2.45, 2.75) is 13.8 Å². The normalized spacial score (nSPS) is 10.5. The number of nitrogens with zero attached hydrogens (tertiary/aromatic N) is 2. The molecule has 7 heteroatoms. The molecule has 0 bridgehead atoms. The molecule has 1 rings (SSSR count). The first-order chi connectivity index (χ1) is 9.62. The highest BCUT2D eigenvalue weighted by molar-refractivity contribution is 6.09. The quantitative estimate of drug-likeness (QED) is 0.445. The van der Waals surface area contributed by atoms with Gasteiger partial charge in [0.2, 0.25) is 11.6 Å². The van der Waals surface area contributed by atoms with Crippen molar-refractivity contribution in [3.05, 3.63) is 17.9 Å². The van der Waals surface area contributed by atoms with E-state index >= 15 is 0 Å². The summed E-state index contributed by atoms with van der Waals surface area (Å²) < 4.78 is 14.5. The number of aliphatic imine (C=N–C) groups is 1. The third kappa shape index (κ3) is 4.24. The van der Waals surface area contributed by atoms with E-state index in [2.05, 4.69) is 4.99 Å². The van der Waals surface area contributed by atoms with Gasteiger partial charge in [0.15, 0.2) is 5.92 Å². The average Bonchev–Trinajstić information content (AvgIpc) is 2.87. The number of nitriles is 1. The molecule has 0 atom stereocenters. The summed E-state index contributed by atoms with van der Waals surface area (Å²) >= 11 is 0. The molecule has 0 aliphatic rings. The van der Waals surface area contributed by atoms with Crippen LogP contribution in [0.5, 0.6) is 0 Å². The van der Waals surface area contributed by atoms with Crippen molar-refractivity contribution in [3.63, 3.8) is 0 Å². The Kier molecular flexibility index (Phi) is 5.97. The van der Waals surface area contributed by atoms with Crippen molar-refractivity contribution in [2.24, 2.45) is 10.9 Å². The minimum atomic E-state index is -1.26. The van der Waals surface area contributed by atoms with Gasteiger partial charge in [0, 0.05) is 12.3 Å². The SMILES string of the molecule is CCOC(=O)C(C=Nc1ccc(C#N)o1)C(=O)OCC. The van der Waals surface area contributed by atoms with E-state index in [4.69, 9.17) is 19.2 Å². The van der Waals surface area contributed by atoms with Crippen molar-refractivity contribution in [1.29, 1.82) is 5.26 Å². The third-order valence-corrected chi connectivity index (χ3v) is 2.13. The van der Waals surface area contributed by atoms with Gasteiger partial charge in [-0.2, -0.15) is 5.26 Å². The molecule has 0 fully saturated rings. The highest BCUT2D eigenvalue weighted by atomic mass is 16.6. The predicted octanol–water partition coefficient (Wildman–Crippen LogP) is 1.60. The summed E-state index contributed by atoms with van der Waals surface area (Å²) in [6.07, 6.45) is 1.08. The fraction of sp³-hybridized carbons (Fsp3) is 0.385. The summed E-state index contributed by atoms with van der Waals surface area (Å²) in [5.41, 5.74) is 0. The first-order valence-electron chi connectivity index (χ1n) is 5.99. The van der Waals surface area contributed by atoms with Crippen LogP contribution in [0.1, 0.15) is 19.6 Å². The average molecular weight is 278 g/mol. The summed E-state index contributed by atoms with van der Waals surface area (Å²) in [4.78, 5) is 27.1. The molecule has 0 spiro atoms. The first kappa shape index (κ1) is 15.4. The minimum Gasteiger partial charge on any atom is -0.465 e. The van der Waals surface area contributed by atoms with Crippen LogP contribution in [0.3, 0.4) is 0 Å². The van der Waals surface area contributed by atoms with Gasteiger partial charge in [-0.1, -0.05) is 0 Å². The highest BCUT2D eigenvalue weighted by Gasteiger charge is 2.27. The number of carbonyl (C=O) groups is 2. The molecule has 0 amide bonds. The fourth-order valence-corrected chi connectivity index (χ4v) is 1.29. The molecule has 0 aromatic carbocycles. The largest absolute Gasteiger partial charge is 0.465 e. The topological polar surface area (TPSA) is 102 Å². The van der Waals surface area contributed by atoms with Crippen LogP contribution in [0.15, 0.2) is 21.5 Å². The summed E-state index contributed by atoms with van der Waals surface area (Å²) in [7, 11) is 0. The van der Waals surface area contributed by atoms with E-state index < -0.39 is 17.9 Å². The van der Waals surface area contributed by atoms with Crippen molar-refractivity contribution < 1.29 is 23.5 Å². The van der Waals surface area contributed by atoms with Crippen molar-refractivity contribution in [3.8, 4) is 6.07 Å². The fourth-order valence-electron chi connectivity index (χ4n) is 1.29. The monoisotopic (exact) mass is 278 g/mol. The van der Waals surface area contributed by atoms with E-state index in [0.717, 1.165) is 6.21 Å². The van der Waals surface area contributed by atoms with Gasteiger partial charge in [-0.15, -0.1) is 0 Å². The molecule has 106 valence electrons. The lowest BCUT2D eigenvalue weighted by Gasteiger charge is -2.09. The molecule has 1 aromatic heterocycles. The predicted molar refractivity (Wildman–Crippen MR) is 68.3 cm³/mol. The zero-order valence-electron chi connectivity index (χ0n) is 11.2. The Balaban J connectivity index is 2.85. The summed E-state index contributed by atoms with van der Waals surface area (Å²) in [5.74, 6) is -2.56. The second kappa shape index (κ2) is 7.74. The first-order valence-corrected chi connectivity index (χ1v) is 5.99. The van der Waals surface area contributed by atoms with Gasteiger partial charge < -0.3 is 13.9 Å². The lowest BCUT2D eigenvalue weighted by Crippen LogP contribution is -2.29. The Morgan fingerprint density at radius 1 is 1.35 bits per heavy atom. The Hall–Kier alpha value is -2.62. The highest BCUT2D eigenvalue weighted by Crippen LogP contribution is 2.16. The third-order valence-electron chi connectivity index (χ3n) is 2.13. The van der Waals surface area contributed by atoms with Crippen LogP contribution >= 0.6 is 0 Å². The number of carbonyl (C=O) groups excluding carboxylic acids is 2. The van der Waals surface area contributed by atoms with E-state index in [1.165, 1.54) is 12.1 Å². The molecular weight excluding hydrogens is 264 g/mol. The maximum Gasteiger partial charge on any atom is 0.325 e. The molecule has 0 N–H and O–H groups in total. The van der Waals surface area contributed by atoms with Crippen molar-refractivity contribution >= 4 is 24.0 Å². The molecule has 1 aromatic rings. The van der Waals surface area contributed by atoms with E-state index in [1.807, 2.05) is 0 Å². The van der Waals surface area contributed by atoms with E-state index in [-0.39, 0.29) is 24.9 Å². The molecule has 7 nitrogen and oxygen atoms in total. The van der Waals surface area contributed by atoms with Gasteiger partial charge in [-0.25, -0.2) is 4.99 Å². The molecular formula is C13H14N2O5. The van der Waals surface area contributed by atoms with Crippen LogP contribution in [0, 0.1) is 17.2 Å². The lowest BCUT2D eigenvalue weighted by molar-refractivity contribution is -0.157. The zero-order valence-corrected chi connectivity index (χ0v) is 11.2. The van der Waals surface area contributed by atoms with E-state index in [0.29, 0.717) is 0 Å². The van der Waals surface area contributed by atoms with Crippen LogP contribution in [0.2, 0.25) is 0 Å². The molecule has 1 heterocycles. The lowest BCUT2D eigenvalue weighted by atomic mass is 10.2. The Morgan fingerprint density at radius 2 is 1.95 bits per heavy atom. The molecule has 0 aliphatic carbocycles. The van der Waals surface area contributed by atoms with Gasteiger partial charge in [0.25, 0.3) is 0 Å². The minimum absolute atomic E-state index is 0.0842. The second-order valence-electron chi connectivity index (χ2n) is 3.51. The zero-order chi connectivity index (χ0) is 15.0. The van der Waals surface area contributed by atoms with Crippen molar-refractivity contribution in [2.75, 3.05) is 13.2 Å². The van der Waals surface area contributed by atoms with Crippen LogP contribution in [-0.2, 0) is 19.1 Å². The van der Waals surface area contributed by atoms with E-state index in [1.54, 1.807) is 19.9 Å². The smallest absolute Gasteiger partial charge is 0.325 e. The summed E-state index contributed by atoms with van der Waals surface area (Å²) in [6.45, 7) is 3.54. The molecule has 20 heavy (non-hydrogen) atoms. The van der Waals surface area contributed by atoms with Crippen LogP contribution < -0.4 is 0 Å². The van der Waals surface area contributed by atoms with Gasteiger partial charge >= 0.3 is 11.9 Å². The number of ether oxygens (including phenoxy) is 2. The number of esters is 2. The summed E-state index contributed by atoms with van der Waals surface area (Å²) in [6, 6.07) is 4.67. The molecule has 0 aliphatic heterocycles. The molecule has 0 saturated carbocycles. The van der Waals surface area contributed by atoms with Crippen molar-refractivity contribution in [1.82, 2.24) is 0 Å². The Labute approximate surface area is 115 Å².